The van der Waals surface area contributed by atoms with Crippen LogP contribution in [-0.4, -0.2) is 54.4 Å². The second kappa shape index (κ2) is 6.04. The Labute approximate surface area is 142 Å². The van der Waals surface area contributed by atoms with Crippen LogP contribution in [0.4, 0.5) is 0 Å². The Morgan fingerprint density at radius 1 is 1.29 bits per heavy atom. The van der Waals surface area contributed by atoms with Crippen molar-refractivity contribution in [3.05, 3.63) is 34.9 Å². The smallest absolute Gasteiger partial charge is 0.238 e. The van der Waals surface area contributed by atoms with Crippen LogP contribution in [0.1, 0.15) is 35.4 Å². The molecule has 1 unspecified atom stereocenters. The Balaban J connectivity index is 2.01. The van der Waals surface area contributed by atoms with Crippen LogP contribution in [0.2, 0.25) is 0 Å². The minimum Gasteiger partial charge on any atom is -0.332 e. The standard InChI is InChI=1S/C19H22N2O3/c1-5-14-7-6-13(2)12-15(14)16-17(22)19(20(3)18(16)23)8-10-21(24-4)11-9-19/h1,6-7,12,16H,8-11H2,2-4H3. The number of aryl methyl sites for hydroxylation is 1. The van der Waals surface area contributed by atoms with E-state index in [0.717, 1.165) is 5.56 Å². The van der Waals surface area contributed by atoms with Gasteiger partial charge in [0.1, 0.15) is 11.5 Å². The lowest BCUT2D eigenvalue weighted by Crippen LogP contribution is -2.54. The highest BCUT2D eigenvalue weighted by Gasteiger charge is 2.58. The Bertz CT molecular complexity index is 727. The van der Waals surface area contributed by atoms with Crippen molar-refractivity contribution < 1.29 is 14.4 Å². The minimum atomic E-state index is -0.796. The molecule has 5 heteroatoms. The number of hydrogen-bond acceptors (Lipinski definition) is 4. The summed E-state index contributed by atoms with van der Waals surface area (Å²) in [6, 6.07) is 5.58. The molecule has 2 fully saturated rings. The highest BCUT2D eigenvalue weighted by atomic mass is 16.7. The summed E-state index contributed by atoms with van der Waals surface area (Å²) in [5, 5.41) is 1.82. The van der Waals surface area contributed by atoms with Gasteiger partial charge in [-0.15, -0.1) is 6.42 Å². The summed E-state index contributed by atoms with van der Waals surface area (Å²) in [4.78, 5) is 33.1. The third kappa shape index (κ3) is 2.34. The number of nitrogens with zero attached hydrogens (tertiary/aromatic N) is 2. The van der Waals surface area contributed by atoms with Crippen LogP contribution < -0.4 is 0 Å². The van der Waals surface area contributed by atoms with Crippen molar-refractivity contribution >= 4 is 11.7 Å². The number of Topliss-reactive ketones (excluding diaryl/α,β-unsaturated/α-hetero) is 1. The predicted octanol–water partition coefficient (Wildman–Crippen LogP) is 1.50. The van der Waals surface area contributed by atoms with Crippen LogP contribution in [0.3, 0.4) is 0 Å². The normalized spacial score (nSPS) is 23.8. The molecule has 2 heterocycles. The van der Waals surface area contributed by atoms with Gasteiger partial charge in [-0.3, -0.25) is 9.59 Å². The molecule has 0 aliphatic carbocycles. The van der Waals surface area contributed by atoms with Crippen molar-refractivity contribution in [3.63, 3.8) is 0 Å². The summed E-state index contributed by atoms with van der Waals surface area (Å²) in [6.07, 6.45) is 6.75. The molecule has 0 aromatic heterocycles. The van der Waals surface area contributed by atoms with Gasteiger partial charge in [0.15, 0.2) is 5.78 Å². The molecule has 2 aliphatic rings. The van der Waals surface area contributed by atoms with E-state index in [1.807, 2.05) is 30.2 Å². The molecule has 24 heavy (non-hydrogen) atoms. The average Bonchev–Trinajstić information content (AvgIpc) is 2.77. The number of carbonyl (C=O) groups is 2. The molecule has 3 rings (SSSR count). The van der Waals surface area contributed by atoms with E-state index in [1.165, 1.54) is 0 Å². The van der Waals surface area contributed by atoms with Gasteiger partial charge in [0.2, 0.25) is 5.91 Å². The zero-order chi connectivity index (χ0) is 17.5. The molecule has 126 valence electrons. The van der Waals surface area contributed by atoms with Crippen molar-refractivity contribution in [3.8, 4) is 12.3 Å². The van der Waals surface area contributed by atoms with Gasteiger partial charge in [-0.1, -0.05) is 23.6 Å². The molecule has 2 saturated heterocycles. The molecular weight excluding hydrogens is 304 g/mol. The summed E-state index contributed by atoms with van der Waals surface area (Å²) >= 11 is 0. The Hall–Kier alpha value is -2.16. The summed E-state index contributed by atoms with van der Waals surface area (Å²) in [7, 11) is 3.35. The summed E-state index contributed by atoms with van der Waals surface area (Å²) < 4.78 is 0. The molecule has 0 bridgehead atoms. The first-order chi connectivity index (χ1) is 11.4. The molecule has 5 nitrogen and oxygen atoms in total. The number of terminal acetylenes is 1. The third-order valence-corrected chi connectivity index (χ3v) is 5.42. The van der Waals surface area contributed by atoms with Gasteiger partial charge in [0.05, 0.1) is 7.11 Å². The van der Waals surface area contributed by atoms with Crippen molar-refractivity contribution in [1.29, 1.82) is 0 Å². The van der Waals surface area contributed by atoms with Gasteiger partial charge < -0.3 is 9.74 Å². The van der Waals surface area contributed by atoms with E-state index in [1.54, 1.807) is 19.1 Å². The van der Waals surface area contributed by atoms with E-state index >= 15 is 0 Å². The summed E-state index contributed by atoms with van der Waals surface area (Å²) in [5.74, 6) is 1.62. The van der Waals surface area contributed by atoms with E-state index in [2.05, 4.69) is 5.92 Å². The lowest BCUT2D eigenvalue weighted by molar-refractivity contribution is -0.165. The lowest BCUT2D eigenvalue weighted by Gasteiger charge is -2.41. The van der Waals surface area contributed by atoms with Crippen molar-refractivity contribution in [2.24, 2.45) is 0 Å². The Morgan fingerprint density at radius 3 is 2.54 bits per heavy atom. The number of benzene rings is 1. The fourth-order valence-electron chi connectivity index (χ4n) is 3.90. The van der Waals surface area contributed by atoms with Gasteiger partial charge in [0.25, 0.3) is 0 Å². The van der Waals surface area contributed by atoms with E-state index in [0.29, 0.717) is 37.1 Å². The molecule has 1 spiro atoms. The maximum absolute atomic E-state index is 13.3. The van der Waals surface area contributed by atoms with Crippen LogP contribution in [0, 0.1) is 19.3 Å². The molecule has 0 saturated carbocycles. The SMILES string of the molecule is C#Cc1ccc(C)cc1C1C(=O)N(C)C2(CCN(OC)CC2)C1=O. The molecule has 0 radical (unpaired) electrons. The largest absolute Gasteiger partial charge is 0.332 e. The van der Waals surface area contributed by atoms with Gasteiger partial charge in [-0.05, 0) is 31.4 Å². The number of carbonyl (C=O) groups excluding carboxylic acids is 2. The number of likely N-dealkylation sites (tertiary alicyclic amines) is 1. The number of likely N-dealkylation sites (N-methyl/N-ethyl adjacent to an activating group) is 1. The molecule has 1 aromatic rings. The first-order valence-corrected chi connectivity index (χ1v) is 8.13. The van der Waals surface area contributed by atoms with Gasteiger partial charge in [-0.25, -0.2) is 0 Å². The first-order valence-electron chi connectivity index (χ1n) is 8.13. The summed E-state index contributed by atoms with van der Waals surface area (Å²) in [6.45, 7) is 3.19. The van der Waals surface area contributed by atoms with Crippen LogP contribution in [0.15, 0.2) is 18.2 Å². The number of rotatable bonds is 2. The Morgan fingerprint density at radius 2 is 1.96 bits per heavy atom. The number of amides is 1. The lowest BCUT2D eigenvalue weighted by atomic mass is 9.79. The molecule has 1 atom stereocenters. The fraction of sp³-hybridized carbons (Fsp3) is 0.474. The van der Waals surface area contributed by atoms with Crippen LogP contribution >= 0.6 is 0 Å². The van der Waals surface area contributed by atoms with Crippen LogP contribution in [0.25, 0.3) is 0 Å². The highest BCUT2D eigenvalue weighted by molar-refractivity contribution is 6.17. The van der Waals surface area contributed by atoms with Gasteiger partial charge >= 0.3 is 0 Å². The Kier molecular flexibility index (Phi) is 4.20. The van der Waals surface area contributed by atoms with E-state index < -0.39 is 11.5 Å². The number of ketones is 1. The zero-order valence-corrected chi connectivity index (χ0v) is 14.3. The third-order valence-electron chi connectivity index (χ3n) is 5.42. The quantitative estimate of drug-likeness (QED) is 0.610. The average molecular weight is 326 g/mol. The summed E-state index contributed by atoms with van der Waals surface area (Å²) in [5.41, 5.74) is 1.52. The van der Waals surface area contributed by atoms with Crippen molar-refractivity contribution in [2.45, 2.75) is 31.2 Å². The van der Waals surface area contributed by atoms with E-state index in [4.69, 9.17) is 11.3 Å². The number of piperidine rings is 1. The number of hydrogen-bond donors (Lipinski definition) is 0. The topological polar surface area (TPSA) is 49.9 Å². The zero-order valence-electron chi connectivity index (χ0n) is 14.3. The minimum absolute atomic E-state index is 0.0344. The van der Waals surface area contributed by atoms with Gasteiger partial charge in [0, 0.05) is 25.7 Å². The molecule has 1 aromatic carbocycles. The highest BCUT2D eigenvalue weighted by Crippen LogP contribution is 2.42. The van der Waals surface area contributed by atoms with Crippen molar-refractivity contribution in [1.82, 2.24) is 9.96 Å². The second-order valence-electron chi connectivity index (χ2n) is 6.57. The maximum atomic E-state index is 13.3. The van der Waals surface area contributed by atoms with E-state index in [-0.39, 0.29) is 11.7 Å². The maximum Gasteiger partial charge on any atom is 0.238 e. The molecule has 0 N–H and O–H groups in total. The molecule has 1 amide bonds. The fourth-order valence-corrected chi connectivity index (χ4v) is 3.90. The van der Waals surface area contributed by atoms with Crippen LogP contribution in [0.5, 0.6) is 0 Å². The number of hydroxylamine groups is 2. The van der Waals surface area contributed by atoms with Crippen molar-refractivity contribution in [2.75, 3.05) is 27.2 Å². The van der Waals surface area contributed by atoms with Crippen LogP contribution in [-0.2, 0) is 14.4 Å². The predicted molar refractivity (Wildman–Crippen MR) is 90.2 cm³/mol. The molecule has 2 aliphatic heterocycles. The first kappa shape index (κ1) is 16.7. The molecular formula is C19H22N2O3. The monoisotopic (exact) mass is 326 g/mol. The second-order valence-corrected chi connectivity index (χ2v) is 6.57. The van der Waals surface area contributed by atoms with E-state index in [9.17, 15) is 9.59 Å². The van der Waals surface area contributed by atoms with Gasteiger partial charge in [-0.2, -0.15) is 5.06 Å².